The Morgan fingerprint density at radius 1 is 1.10 bits per heavy atom. The molecule has 0 fully saturated rings. The van der Waals surface area contributed by atoms with Crippen LogP contribution in [0.4, 0.5) is 13.2 Å². The van der Waals surface area contributed by atoms with Gasteiger partial charge in [-0.15, -0.1) is 0 Å². The predicted molar refractivity (Wildman–Crippen MR) is 77.9 cm³/mol. The van der Waals surface area contributed by atoms with Crippen LogP contribution in [-0.2, 0) is 6.42 Å². The molecule has 1 nitrogen and oxygen atoms in total. The Morgan fingerprint density at radius 3 is 2.33 bits per heavy atom. The van der Waals surface area contributed by atoms with Crippen molar-refractivity contribution in [3.8, 4) is 0 Å². The summed E-state index contributed by atoms with van der Waals surface area (Å²) >= 11 is 6.06. The summed E-state index contributed by atoms with van der Waals surface area (Å²) in [4.78, 5) is 0. The minimum Gasteiger partial charge on any atom is -0.310 e. The highest BCUT2D eigenvalue weighted by Crippen LogP contribution is 2.28. The molecule has 0 aliphatic heterocycles. The molecule has 0 aromatic heterocycles. The van der Waals surface area contributed by atoms with Gasteiger partial charge in [0.05, 0.1) is 0 Å². The van der Waals surface area contributed by atoms with E-state index >= 15 is 0 Å². The van der Waals surface area contributed by atoms with Gasteiger partial charge in [-0.1, -0.05) is 24.6 Å². The van der Waals surface area contributed by atoms with Crippen LogP contribution in [0.25, 0.3) is 0 Å². The van der Waals surface area contributed by atoms with Gasteiger partial charge < -0.3 is 5.32 Å². The summed E-state index contributed by atoms with van der Waals surface area (Å²) in [7, 11) is 0. The van der Waals surface area contributed by atoms with Crippen molar-refractivity contribution in [3.63, 3.8) is 0 Å². The lowest BCUT2D eigenvalue weighted by Gasteiger charge is -2.20. The zero-order valence-electron chi connectivity index (χ0n) is 11.5. The summed E-state index contributed by atoms with van der Waals surface area (Å²) in [5.74, 6) is -1.75. The largest absolute Gasteiger partial charge is 0.310 e. The molecule has 21 heavy (non-hydrogen) atoms. The molecule has 0 saturated heterocycles. The van der Waals surface area contributed by atoms with Crippen LogP contribution in [0.1, 0.15) is 24.1 Å². The molecule has 0 aliphatic rings. The monoisotopic (exact) mass is 313 g/mol. The molecular weight excluding hydrogens is 299 g/mol. The molecule has 0 radical (unpaired) electrons. The maximum Gasteiger partial charge on any atom is 0.129 e. The van der Waals surface area contributed by atoms with Gasteiger partial charge in [0.25, 0.3) is 0 Å². The Morgan fingerprint density at radius 2 is 1.76 bits per heavy atom. The van der Waals surface area contributed by atoms with Crippen LogP contribution in [0, 0.1) is 17.5 Å². The number of hydrogen-bond donors (Lipinski definition) is 1. The zero-order chi connectivity index (χ0) is 15.4. The fourth-order valence-electron chi connectivity index (χ4n) is 2.33. The molecule has 1 N–H and O–H groups in total. The highest BCUT2D eigenvalue weighted by atomic mass is 35.5. The van der Waals surface area contributed by atoms with Crippen LogP contribution < -0.4 is 5.32 Å². The van der Waals surface area contributed by atoms with Crippen molar-refractivity contribution in [1.29, 1.82) is 0 Å². The van der Waals surface area contributed by atoms with E-state index in [1.54, 1.807) is 6.07 Å². The van der Waals surface area contributed by atoms with E-state index in [4.69, 9.17) is 11.6 Å². The van der Waals surface area contributed by atoms with Gasteiger partial charge in [-0.05, 0) is 42.8 Å². The quantitative estimate of drug-likeness (QED) is 0.847. The van der Waals surface area contributed by atoms with E-state index in [9.17, 15) is 13.2 Å². The van der Waals surface area contributed by atoms with Crippen molar-refractivity contribution in [3.05, 3.63) is 70.0 Å². The number of halogens is 4. The standard InChI is InChI=1S/C16H15ClF3N/c1-2-21-15(16-13(17)4-3-5-14(16)20)8-10-6-11(18)9-12(19)7-10/h3-7,9,15,21H,2,8H2,1H3. The van der Waals surface area contributed by atoms with Crippen LogP contribution in [0.5, 0.6) is 0 Å². The molecule has 0 bridgehead atoms. The Bertz CT molecular complexity index is 590. The topological polar surface area (TPSA) is 12.0 Å². The number of likely N-dealkylation sites (N-methyl/N-ethyl adjacent to an activating group) is 1. The first kappa shape index (κ1) is 15.9. The van der Waals surface area contributed by atoms with Crippen molar-refractivity contribution in [2.75, 3.05) is 6.54 Å². The van der Waals surface area contributed by atoms with E-state index in [1.807, 2.05) is 6.92 Å². The average Bonchev–Trinajstić information content (AvgIpc) is 2.37. The van der Waals surface area contributed by atoms with Crippen molar-refractivity contribution in [2.45, 2.75) is 19.4 Å². The molecule has 2 aromatic carbocycles. The summed E-state index contributed by atoms with van der Waals surface area (Å²) in [5.41, 5.74) is 0.753. The second-order valence-electron chi connectivity index (χ2n) is 4.73. The minimum absolute atomic E-state index is 0.239. The summed E-state index contributed by atoms with van der Waals surface area (Å²) in [6.45, 7) is 2.45. The van der Waals surface area contributed by atoms with Gasteiger partial charge in [0.2, 0.25) is 0 Å². The van der Waals surface area contributed by atoms with Gasteiger partial charge in [-0.25, -0.2) is 13.2 Å². The van der Waals surface area contributed by atoms with E-state index < -0.39 is 23.5 Å². The Balaban J connectivity index is 2.35. The smallest absolute Gasteiger partial charge is 0.129 e. The maximum atomic E-state index is 14.0. The van der Waals surface area contributed by atoms with Crippen LogP contribution in [0.15, 0.2) is 36.4 Å². The highest BCUT2D eigenvalue weighted by molar-refractivity contribution is 6.31. The summed E-state index contributed by atoms with van der Waals surface area (Å²) in [6.07, 6.45) is 0.239. The number of rotatable bonds is 5. The first-order valence-electron chi connectivity index (χ1n) is 6.63. The van der Waals surface area contributed by atoms with Crippen molar-refractivity contribution >= 4 is 11.6 Å². The third-order valence-electron chi connectivity index (χ3n) is 3.16. The summed E-state index contributed by atoms with van der Waals surface area (Å²) < 4.78 is 40.5. The molecule has 0 saturated carbocycles. The molecule has 0 spiro atoms. The van der Waals surface area contributed by atoms with Gasteiger partial charge >= 0.3 is 0 Å². The van der Waals surface area contributed by atoms with Gasteiger partial charge in [0.1, 0.15) is 17.5 Å². The van der Waals surface area contributed by atoms with E-state index in [1.165, 1.54) is 24.3 Å². The number of benzene rings is 2. The molecule has 5 heteroatoms. The molecular formula is C16H15ClF3N. The molecule has 0 amide bonds. The zero-order valence-corrected chi connectivity index (χ0v) is 12.2. The molecule has 0 heterocycles. The third-order valence-corrected chi connectivity index (χ3v) is 3.49. The molecule has 1 unspecified atom stereocenters. The summed E-state index contributed by atoms with van der Waals surface area (Å²) in [5, 5.41) is 3.39. The first-order chi connectivity index (χ1) is 10.0. The molecule has 0 aliphatic carbocycles. The highest BCUT2D eigenvalue weighted by Gasteiger charge is 2.19. The SMILES string of the molecule is CCNC(Cc1cc(F)cc(F)c1)c1c(F)cccc1Cl. The second-order valence-corrected chi connectivity index (χ2v) is 5.13. The average molecular weight is 314 g/mol. The van der Waals surface area contributed by atoms with Gasteiger partial charge in [-0.2, -0.15) is 0 Å². The second kappa shape index (κ2) is 6.96. The van der Waals surface area contributed by atoms with Crippen LogP contribution in [0.2, 0.25) is 5.02 Å². The van der Waals surface area contributed by atoms with Crippen LogP contribution in [0.3, 0.4) is 0 Å². The lowest BCUT2D eigenvalue weighted by molar-refractivity contribution is 0.506. The molecule has 112 valence electrons. The Hall–Kier alpha value is -1.52. The number of nitrogens with one attached hydrogen (secondary N) is 1. The lowest BCUT2D eigenvalue weighted by Crippen LogP contribution is -2.24. The van der Waals surface area contributed by atoms with Crippen molar-refractivity contribution in [2.24, 2.45) is 0 Å². The minimum atomic E-state index is -0.653. The van der Waals surface area contributed by atoms with E-state index in [2.05, 4.69) is 5.32 Å². The lowest BCUT2D eigenvalue weighted by atomic mass is 9.98. The third kappa shape index (κ3) is 3.99. The summed E-state index contributed by atoms with van der Waals surface area (Å²) in [6, 6.07) is 7.26. The fourth-order valence-corrected chi connectivity index (χ4v) is 2.63. The van der Waals surface area contributed by atoms with Crippen molar-refractivity contribution in [1.82, 2.24) is 5.32 Å². The van der Waals surface area contributed by atoms with Gasteiger partial charge in [0, 0.05) is 22.7 Å². The fraction of sp³-hybridized carbons (Fsp3) is 0.250. The van der Waals surface area contributed by atoms with Gasteiger partial charge in [-0.3, -0.25) is 0 Å². The number of hydrogen-bond acceptors (Lipinski definition) is 1. The first-order valence-corrected chi connectivity index (χ1v) is 7.01. The van der Waals surface area contributed by atoms with E-state index in [0.717, 1.165) is 6.07 Å². The van der Waals surface area contributed by atoms with E-state index in [0.29, 0.717) is 17.7 Å². The molecule has 1 atom stereocenters. The maximum absolute atomic E-state index is 14.0. The molecule has 2 aromatic rings. The van der Waals surface area contributed by atoms with E-state index in [-0.39, 0.29) is 11.4 Å². The van der Waals surface area contributed by atoms with Crippen molar-refractivity contribution < 1.29 is 13.2 Å². The Labute approximate surface area is 126 Å². The molecule has 2 rings (SSSR count). The predicted octanol–water partition coefficient (Wildman–Crippen LogP) is 4.65. The normalized spacial score (nSPS) is 12.4. The van der Waals surface area contributed by atoms with Crippen LogP contribution >= 0.6 is 11.6 Å². The van der Waals surface area contributed by atoms with Gasteiger partial charge in [0.15, 0.2) is 0 Å². The Kier molecular flexibility index (Phi) is 5.26. The van der Waals surface area contributed by atoms with Crippen LogP contribution in [-0.4, -0.2) is 6.54 Å².